The summed E-state index contributed by atoms with van der Waals surface area (Å²) in [5, 5.41) is 13.3. The first-order chi connectivity index (χ1) is 24.9. The molecule has 2 amide bonds. The van der Waals surface area contributed by atoms with E-state index >= 15 is 8.78 Å². The smallest absolute Gasteiger partial charge is 0.367 e. The second-order valence-corrected chi connectivity index (χ2v) is 13.6. The number of amides is 2. The Morgan fingerprint density at radius 1 is 0.865 bits per heavy atom. The molecule has 1 unspecified atom stereocenters. The number of carboxylic acid groups (broad SMARTS) is 1. The average Bonchev–Trinajstić information content (AvgIpc) is 3.47. The molecule has 0 aliphatic carbocycles. The van der Waals surface area contributed by atoms with E-state index in [4.69, 9.17) is 0 Å². The van der Waals surface area contributed by atoms with Crippen molar-refractivity contribution >= 4 is 39.2 Å². The third kappa shape index (κ3) is 6.99. The minimum Gasteiger partial charge on any atom is -0.477 e. The Kier molecular flexibility index (Phi) is 10.1. The molecule has 11 nitrogen and oxygen atoms in total. The number of benzene rings is 4. The van der Waals surface area contributed by atoms with Gasteiger partial charge in [0.1, 0.15) is 23.0 Å². The lowest BCUT2D eigenvalue weighted by atomic mass is 10.0. The quantitative estimate of drug-likeness (QED) is 0.106. The van der Waals surface area contributed by atoms with Crippen LogP contribution >= 0.6 is 11.3 Å². The summed E-state index contributed by atoms with van der Waals surface area (Å²) in [6, 6.07) is 25.3. The van der Waals surface area contributed by atoms with Crippen molar-refractivity contribution in [3.8, 4) is 16.1 Å². The number of carboxylic acids is 1. The maximum Gasteiger partial charge on any atom is 0.367 e. The molecule has 0 fully saturated rings. The van der Waals surface area contributed by atoms with Gasteiger partial charge in [0.2, 0.25) is 6.04 Å². The lowest BCUT2D eigenvalue weighted by molar-refractivity contribution is -0.925. The summed E-state index contributed by atoms with van der Waals surface area (Å²) in [5.41, 5.74) is 2.55. The van der Waals surface area contributed by atoms with E-state index in [-0.39, 0.29) is 32.5 Å². The summed E-state index contributed by atoms with van der Waals surface area (Å²) in [7, 11) is 4.77. The van der Waals surface area contributed by atoms with Crippen LogP contribution in [0.4, 0.5) is 19.3 Å². The molecule has 2 aromatic heterocycles. The number of aliphatic carboxylic acids is 1. The van der Waals surface area contributed by atoms with Crippen LogP contribution in [0.15, 0.2) is 113 Å². The fourth-order valence-corrected chi connectivity index (χ4v) is 7.67. The fourth-order valence-electron chi connectivity index (χ4n) is 6.37. The molecule has 6 rings (SSSR count). The molecule has 0 saturated heterocycles. The zero-order valence-corrected chi connectivity index (χ0v) is 29.1. The SMILES string of the molecule is CONC(=O)Nc1ccc(-c2sc3c(c2C[N+](C)(C)C(C(=O)O)c2ccccc2)c(=O)n(-c2ccccc2)c(=O)n3Cc2c(F)cccc2F)cc1. The molecule has 3 N–H and O–H groups in total. The molecule has 266 valence electrons. The molecule has 52 heavy (non-hydrogen) atoms. The normalized spacial score (nSPS) is 12.1. The van der Waals surface area contributed by atoms with E-state index in [0.717, 1.165) is 28.0 Å². The van der Waals surface area contributed by atoms with Gasteiger partial charge in [0.15, 0.2) is 0 Å². The Morgan fingerprint density at radius 2 is 1.48 bits per heavy atom. The van der Waals surface area contributed by atoms with Gasteiger partial charge in [0.05, 0.1) is 38.8 Å². The van der Waals surface area contributed by atoms with Gasteiger partial charge in [-0.25, -0.2) is 33.2 Å². The van der Waals surface area contributed by atoms with Crippen molar-refractivity contribution in [2.75, 3.05) is 26.5 Å². The number of nitrogens with one attached hydrogen (secondary N) is 2. The second-order valence-electron chi connectivity index (χ2n) is 12.6. The molecule has 0 radical (unpaired) electrons. The van der Waals surface area contributed by atoms with Gasteiger partial charge < -0.3 is 14.9 Å². The Labute approximate surface area is 300 Å². The third-order valence-corrected chi connectivity index (χ3v) is 9.98. The highest BCUT2D eigenvalue weighted by atomic mass is 32.1. The standard InChI is InChI=1S/C38H33F2N5O6S/c1-45(2,32(36(47)48)23-11-6-4-7-12-23)22-28-31-34(46)44(26-13-8-5-9-14-26)38(50)43(21-27-29(39)15-10-16-30(27)40)35(31)52-33(28)24-17-19-25(20-18-24)41-37(49)42-51-3/h4-20,32H,21-22H2,1-3H3,(H2-,41,42,47,48,49)/p+1. The summed E-state index contributed by atoms with van der Waals surface area (Å²) in [4.78, 5) is 59.3. The topological polar surface area (TPSA) is 132 Å². The molecule has 0 spiro atoms. The van der Waals surface area contributed by atoms with E-state index in [2.05, 4.69) is 15.6 Å². The van der Waals surface area contributed by atoms with Crippen LogP contribution in [0.3, 0.4) is 0 Å². The highest BCUT2D eigenvalue weighted by molar-refractivity contribution is 7.22. The zero-order valence-electron chi connectivity index (χ0n) is 28.3. The molecule has 1 atom stereocenters. The van der Waals surface area contributed by atoms with Gasteiger partial charge in [0, 0.05) is 27.3 Å². The Balaban J connectivity index is 1.65. The fraction of sp³-hybridized carbons (Fsp3) is 0.158. The highest BCUT2D eigenvalue weighted by Gasteiger charge is 2.39. The summed E-state index contributed by atoms with van der Waals surface area (Å²) < 4.78 is 32.2. The van der Waals surface area contributed by atoms with E-state index in [1.54, 1.807) is 99.0 Å². The number of anilines is 1. The number of hydroxylamine groups is 1. The number of urea groups is 1. The molecule has 6 aromatic rings. The predicted molar refractivity (Wildman–Crippen MR) is 194 cm³/mol. The van der Waals surface area contributed by atoms with Gasteiger partial charge >= 0.3 is 17.7 Å². The Bertz CT molecular complexity index is 2370. The molecule has 0 bridgehead atoms. The number of thiophene rings is 1. The van der Waals surface area contributed by atoms with Gasteiger partial charge in [-0.2, -0.15) is 0 Å². The van der Waals surface area contributed by atoms with Gasteiger partial charge in [-0.1, -0.05) is 66.7 Å². The van der Waals surface area contributed by atoms with E-state index in [1.165, 1.54) is 17.7 Å². The number of carbonyl (C=O) groups excluding carboxylic acids is 1. The lowest BCUT2D eigenvalue weighted by Gasteiger charge is -2.36. The minimum atomic E-state index is -1.09. The minimum absolute atomic E-state index is 0.00622. The third-order valence-electron chi connectivity index (χ3n) is 8.68. The number of hydrogen-bond donors (Lipinski definition) is 3. The van der Waals surface area contributed by atoms with Crippen LogP contribution in [0.1, 0.15) is 22.7 Å². The highest BCUT2D eigenvalue weighted by Crippen LogP contribution is 2.41. The molecule has 0 aliphatic rings. The van der Waals surface area contributed by atoms with Crippen molar-refractivity contribution in [1.29, 1.82) is 0 Å². The largest absolute Gasteiger partial charge is 0.477 e. The number of para-hydroxylation sites is 1. The monoisotopic (exact) mass is 726 g/mol. The van der Waals surface area contributed by atoms with Crippen LogP contribution in [-0.2, 0) is 22.7 Å². The summed E-state index contributed by atoms with van der Waals surface area (Å²) >= 11 is 1.08. The van der Waals surface area contributed by atoms with Crippen LogP contribution in [0.2, 0.25) is 0 Å². The first kappa shape index (κ1) is 35.9. The van der Waals surface area contributed by atoms with Crippen LogP contribution < -0.4 is 22.0 Å². The van der Waals surface area contributed by atoms with Crippen LogP contribution in [0.25, 0.3) is 26.3 Å². The molecule has 0 saturated carbocycles. The van der Waals surface area contributed by atoms with Crippen molar-refractivity contribution < 1.29 is 32.8 Å². The maximum atomic E-state index is 15.1. The zero-order chi connectivity index (χ0) is 37.2. The summed E-state index contributed by atoms with van der Waals surface area (Å²) in [6.07, 6.45) is 0. The Hall–Kier alpha value is -5.96. The molecular weight excluding hydrogens is 693 g/mol. The number of halogens is 2. The van der Waals surface area contributed by atoms with Crippen LogP contribution in [-0.4, -0.2) is 51.9 Å². The van der Waals surface area contributed by atoms with Gasteiger partial charge in [-0.15, -0.1) is 11.3 Å². The van der Waals surface area contributed by atoms with Crippen molar-refractivity contribution in [2.24, 2.45) is 0 Å². The number of nitrogens with zero attached hydrogens (tertiary/aromatic N) is 3. The van der Waals surface area contributed by atoms with Gasteiger partial charge in [-0.3, -0.25) is 14.2 Å². The second kappa shape index (κ2) is 14.7. The number of likely N-dealkylation sites (N-methyl/N-ethyl adjacent to an activating group) is 1. The van der Waals surface area contributed by atoms with E-state index in [9.17, 15) is 24.3 Å². The van der Waals surface area contributed by atoms with E-state index in [1.807, 2.05) is 0 Å². The van der Waals surface area contributed by atoms with Crippen LogP contribution in [0, 0.1) is 11.6 Å². The van der Waals surface area contributed by atoms with E-state index < -0.39 is 47.5 Å². The van der Waals surface area contributed by atoms with Crippen molar-refractivity contribution in [1.82, 2.24) is 14.6 Å². The number of hydrogen-bond acceptors (Lipinski definition) is 6. The maximum absolute atomic E-state index is 15.1. The average molecular weight is 727 g/mol. The number of fused-ring (bicyclic) bond motifs is 1. The van der Waals surface area contributed by atoms with Gasteiger partial charge in [0.25, 0.3) is 5.56 Å². The lowest BCUT2D eigenvalue weighted by Crippen LogP contribution is -2.46. The first-order valence-corrected chi connectivity index (χ1v) is 16.8. The number of rotatable bonds is 11. The molecular formula is C38H34F2N5O6S+. The summed E-state index contributed by atoms with van der Waals surface area (Å²) in [6.45, 7) is -0.536. The van der Waals surface area contributed by atoms with Crippen molar-refractivity contribution in [3.63, 3.8) is 0 Å². The van der Waals surface area contributed by atoms with E-state index in [0.29, 0.717) is 27.3 Å². The first-order valence-electron chi connectivity index (χ1n) is 16.0. The predicted octanol–water partition coefficient (Wildman–Crippen LogP) is 6.29. The van der Waals surface area contributed by atoms with Crippen LogP contribution in [0.5, 0.6) is 0 Å². The molecule has 2 heterocycles. The van der Waals surface area contributed by atoms with Gasteiger partial charge in [-0.05, 0) is 42.0 Å². The molecule has 4 aromatic carbocycles. The van der Waals surface area contributed by atoms with Crippen molar-refractivity contribution in [3.05, 3.63) is 152 Å². The Morgan fingerprint density at radius 3 is 2.08 bits per heavy atom. The number of aromatic nitrogens is 2. The van der Waals surface area contributed by atoms with Crippen molar-refractivity contribution in [2.45, 2.75) is 19.1 Å². The number of quaternary nitrogens is 1. The summed E-state index contributed by atoms with van der Waals surface area (Å²) in [5.74, 6) is -2.81. The molecule has 0 aliphatic heterocycles. The number of carbonyl (C=O) groups is 2. The molecule has 14 heteroatoms.